The maximum absolute atomic E-state index is 14.0. The van der Waals surface area contributed by atoms with E-state index in [9.17, 15) is 9.18 Å². The molecule has 0 atom stereocenters. The molecule has 0 saturated carbocycles. The predicted octanol–water partition coefficient (Wildman–Crippen LogP) is 3.28. The van der Waals surface area contributed by atoms with Crippen LogP contribution in [-0.4, -0.2) is 30.5 Å². The summed E-state index contributed by atoms with van der Waals surface area (Å²) in [7, 11) is 0. The highest BCUT2D eigenvalue weighted by Crippen LogP contribution is 2.25. The number of Topliss-reactive ketones (excluding diaryl/α,β-unsaturated/α-hetero) is 1. The molecule has 0 aliphatic rings. The fourth-order valence-corrected chi connectivity index (χ4v) is 2.70. The number of benzene rings is 1. The Labute approximate surface area is 148 Å². The van der Waals surface area contributed by atoms with E-state index in [1.807, 2.05) is 6.07 Å². The van der Waals surface area contributed by atoms with Gasteiger partial charge in [0.25, 0.3) is 0 Å². The Morgan fingerprint density at radius 3 is 2.58 bits per heavy atom. The zero-order chi connectivity index (χ0) is 18.1. The Balaban J connectivity index is 1.81. The average Bonchev–Trinajstić information content (AvgIpc) is 3.02. The summed E-state index contributed by atoms with van der Waals surface area (Å²) in [5, 5.41) is 5.31. The lowest BCUT2D eigenvalue weighted by Crippen LogP contribution is -2.05. The summed E-state index contributed by atoms with van der Waals surface area (Å²) >= 11 is 0. The number of fused-ring (bicyclic) bond motifs is 1. The minimum atomic E-state index is -0.296. The molecule has 0 aliphatic carbocycles. The summed E-state index contributed by atoms with van der Waals surface area (Å²) in [4.78, 5) is 24.3. The van der Waals surface area contributed by atoms with Gasteiger partial charge in [-0.3, -0.25) is 4.79 Å². The molecule has 128 valence electrons. The van der Waals surface area contributed by atoms with Crippen molar-refractivity contribution in [1.29, 1.82) is 0 Å². The Morgan fingerprint density at radius 1 is 1.08 bits per heavy atom. The number of carbonyl (C=O) groups excluding carboxylic acids is 1. The largest absolute Gasteiger partial charge is 0.294 e. The third-order valence-electron chi connectivity index (χ3n) is 4.06. The number of halogens is 1. The van der Waals surface area contributed by atoms with Crippen molar-refractivity contribution < 1.29 is 9.18 Å². The van der Waals surface area contributed by atoms with Gasteiger partial charge in [-0.25, -0.2) is 24.0 Å². The summed E-state index contributed by atoms with van der Waals surface area (Å²) < 4.78 is 15.6. The molecule has 7 heteroatoms. The van der Waals surface area contributed by atoms with Gasteiger partial charge in [-0.1, -0.05) is 18.2 Å². The van der Waals surface area contributed by atoms with Gasteiger partial charge in [0.15, 0.2) is 17.3 Å². The number of carbonyl (C=O) groups is 1. The fourth-order valence-electron chi connectivity index (χ4n) is 2.70. The van der Waals surface area contributed by atoms with E-state index in [4.69, 9.17) is 0 Å². The number of hydrogen-bond acceptors (Lipinski definition) is 5. The molecule has 6 nitrogen and oxygen atoms in total. The van der Waals surface area contributed by atoms with Crippen molar-refractivity contribution in [2.45, 2.75) is 13.5 Å². The number of hydrogen-bond donors (Lipinski definition) is 0. The number of ketones is 1. The molecule has 0 N–H and O–H groups in total. The van der Waals surface area contributed by atoms with Crippen molar-refractivity contribution in [3.8, 4) is 11.5 Å². The Hall–Kier alpha value is -3.48. The molecule has 4 aromatic rings. The van der Waals surface area contributed by atoms with Crippen LogP contribution in [0.3, 0.4) is 0 Å². The number of pyridine rings is 1. The van der Waals surface area contributed by atoms with Crippen LogP contribution in [0.25, 0.3) is 22.6 Å². The Bertz CT molecular complexity index is 1100. The SMILES string of the molecule is CC(=O)c1cnc(-c2nn(Cc3ccccc3F)c3ncccc23)nc1. The van der Waals surface area contributed by atoms with E-state index < -0.39 is 0 Å². The summed E-state index contributed by atoms with van der Waals surface area (Å²) in [6.45, 7) is 1.70. The first-order valence-corrected chi connectivity index (χ1v) is 8.02. The monoisotopic (exact) mass is 347 g/mol. The number of rotatable bonds is 4. The first-order chi connectivity index (χ1) is 12.6. The molecule has 26 heavy (non-hydrogen) atoms. The third kappa shape index (κ3) is 2.83. The van der Waals surface area contributed by atoms with Crippen LogP contribution < -0.4 is 0 Å². The molecule has 4 rings (SSSR count). The van der Waals surface area contributed by atoms with Crippen molar-refractivity contribution >= 4 is 16.8 Å². The van der Waals surface area contributed by atoms with E-state index in [0.717, 1.165) is 5.39 Å². The van der Waals surface area contributed by atoms with Crippen molar-refractivity contribution in [3.63, 3.8) is 0 Å². The molecule has 3 heterocycles. The lowest BCUT2D eigenvalue weighted by Gasteiger charge is -2.04. The standard InChI is InChI=1S/C19H14FN5O/c1-12(26)14-9-22-18(23-10-14)17-15-6-4-8-21-19(15)25(24-17)11-13-5-2-3-7-16(13)20/h2-10H,11H2,1H3. The molecule has 0 unspecified atom stereocenters. The van der Waals surface area contributed by atoms with Crippen molar-refractivity contribution in [2.24, 2.45) is 0 Å². The third-order valence-corrected chi connectivity index (χ3v) is 4.06. The van der Waals surface area contributed by atoms with Crippen LogP contribution in [-0.2, 0) is 6.54 Å². The zero-order valence-electron chi connectivity index (χ0n) is 13.9. The van der Waals surface area contributed by atoms with E-state index in [-0.39, 0.29) is 18.1 Å². The van der Waals surface area contributed by atoms with Gasteiger partial charge < -0.3 is 0 Å². The Kier molecular flexibility index (Phi) is 3.96. The molecule has 0 bridgehead atoms. The second-order valence-electron chi connectivity index (χ2n) is 5.82. The van der Waals surface area contributed by atoms with Gasteiger partial charge in [-0.2, -0.15) is 5.10 Å². The fraction of sp³-hybridized carbons (Fsp3) is 0.105. The van der Waals surface area contributed by atoms with Gasteiger partial charge in [0.2, 0.25) is 0 Å². The molecular formula is C19H14FN5O. The molecule has 3 aromatic heterocycles. The van der Waals surface area contributed by atoms with Crippen LogP contribution in [0.1, 0.15) is 22.8 Å². The molecule has 0 radical (unpaired) electrons. The second kappa shape index (κ2) is 6.44. The van der Waals surface area contributed by atoms with Crippen LogP contribution in [0.4, 0.5) is 4.39 Å². The molecule has 1 aromatic carbocycles. The molecule has 0 saturated heterocycles. The minimum absolute atomic E-state index is 0.104. The molecule has 0 fully saturated rings. The topological polar surface area (TPSA) is 73.6 Å². The lowest BCUT2D eigenvalue weighted by molar-refractivity contribution is 0.101. The number of aromatic nitrogens is 5. The summed E-state index contributed by atoms with van der Waals surface area (Å²) in [6, 6.07) is 10.2. The first kappa shape index (κ1) is 16.0. The van der Waals surface area contributed by atoms with Gasteiger partial charge in [-0.15, -0.1) is 0 Å². The highest BCUT2D eigenvalue weighted by Gasteiger charge is 2.16. The smallest absolute Gasteiger partial charge is 0.180 e. The highest BCUT2D eigenvalue weighted by atomic mass is 19.1. The van der Waals surface area contributed by atoms with Crippen LogP contribution in [0.2, 0.25) is 0 Å². The van der Waals surface area contributed by atoms with Crippen molar-refractivity contribution in [2.75, 3.05) is 0 Å². The van der Waals surface area contributed by atoms with Gasteiger partial charge in [-0.05, 0) is 25.1 Å². The number of nitrogens with zero attached hydrogens (tertiary/aromatic N) is 5. The summed E-state index contributed by atoms with van der Waals surface area (Å²) in [6.07, 6.45) is 4.61. The highest BCUT2D eigenvalue weighted by molar-refractivity contribution is 5.94. The Morgan fingerprint density at radius 2 is 1.85 bits per heavy atom. The van der Waals surface area contributed by atoms with Crippen LogP contribution in [0.15, 0.2) is 55.0 Å². The zero-order valence-corrected chi connectivity index (χ0v) is 13.9. The summed E-state index contributed by atoms with van der Waals surface area (Å²) in [5.74, 6) is -0.0101. The quantitative estimate of drug-likeness (QED) is 0.530. The molecule has 0 spiro atoms. The van der Waals surface area contributed by atoms with Crippen molar-refractivity contribution in [1.82, 2.24) is 24.7 Å². The lowest BCUT2D eigenvalue weighted by atomic mass is 10.2. The maximum Gasteiger partial charge on any atom is 0.180 e. The van der Waals surface area contributed by atoms with E-state index in [2.05, 4.69) is 20.1 Å². The second-order valence-corrected chi connectivity index (χ2v) is 5.82. The van der Waals surface area contributed by atoms with E-state index in [0.29, 0.717) is 28.3 Å². The maximum atomic E-state index is 14.0. The van der Waals surface area contributed by atoms with E-state index >= 15 is 0 Å². The van der Waals surface area contributed by atoms with E-state index in [1.165, 1.54) is 25.4 Å². The van der Waals surface area contributed by atoms with Crippen LogP contribution in [0, 0.1) is 5.82 Å². The van der Waals surface area contributed by atoms with Crippen LogP contribution in [0.5, 0.6) is 0 Å². The molecular weight excluding hydrogens is 333 g/mol. The first-order valence-electron chi connectivity index (χ1n) is 8.02. The normalized spacial score (nSPS) is 11.0. The predicted molar refractivity (Wildman–Crippen MR) is 94.1 cm³/mol. The van der Waals surface area contributed by atoms with Gasteiger partial charge in [0.05, 0.1) is 17.5 Å². The van der Waals surface area contributed by atoms with Gasteiger partial charge in [0, 0.05) is 24.2 Å². The molecule has 0 amide bonds. The average molecular weight is 347 g/mol. The van der Waals surface area contributed by atoms with Gasteiger partial charge >= 0.3 is 0 Å². The van der Waals surface area contributed by atoms with E-state index in [1.54, 1.807) is 35.1 Å². The minimum Gasteiger partial charge on any atom is -0.294 e. The summed E-state index contributed by atoms with van der Waals surface area (Å²) in [5.41, 5.74) is 2.11. The molecule has 0 aliphatic heterocycles. The van der Waals surface area contributed by atoms with Crippen LogP contribution >= 0.6 is 0 Å². The van der Waals surface area contributed by atoms with Crippen molar-refractivity contribution in [3.05, 3.63) is 71.9 Å². The van der Waals surface area contributed by atoms with Gasteiger partial charge in [0.1, 0.15) is 11.5 Å².